The van der Waals surface area contributed by atoms with Gasteiger partial charge in [-0.25, -0.2) is 8.42 Å². The van der Waals surface area contributed by atoms with Gasteiger partial charge in [-0.15, -0.1) is 0 Å². The van der Waals surface area contributed by atoms with E-state index in [0.29, 0.717) is 42.9 Å². The summed E-state index contributed by atoms with van der Waals surface area (Å²) in [6.45, 7) is 5.79. The Kier molecular flexibility index (Phi) is 6.12. The second-order valence-corrected chi connectivity index (χ2v) is 10.4. The van der Waals surface area contributed by atoms with E-state index in [1.165, 1.54) is 28.8 Å². The molecule has 2 aliphatic rings. The van der Waals surface area contributed by atoms with Crippen molar-refractivity contribution in [3.8, 4) is 0 Å². The molecule has 0 spiro atoms. The Morgan fingerprint density at radius 2 is 1.81 bits per heavy atom. The van der Waals surface area contributed by atoms with Crippen LogP contribution in [-0.2, 0) is 14.8 Å². The summed E-state index contributed by atoms with van der Waals surface area (Å²) < 4.78 is 27.3. The van der Waals surface area contributed by atoms with Crippen molar-refractivity contribution < 1.29 is 18.0 Å². The summed E-state index contributed by atoms with van der Waals surface area (Å²) in [5.74, 6) is 1.09. The molecule has 9 heteroatoms. The zero-order chi connectivity index (χ0) is 19.6. The van der Waals surface area contributed by atoms with Crippen molar-refractivity contribution in [2.24, 2.45) is 11.8 Å². The first-order chi connectivity index (χ1) is 12.8. The van der Waals surface area contributed by atoms with Crippen LogP contribution in [0.2, 0.25) is 0 Å². The van der Waals surface area contributed by atoms with E-state index in [-0.39, 0.29) is 22.6 Å². The summed E-state index contributed by atoms with van der Waals surface area (Å²) >= 11 is 1.21. The van der Waals surface area contributed by atoms with E-state index >= 15 is 0 Å². The number of sulfonamides is 1. The second kappa shape index (κ2) is 8.20. The van der Waals surface area contributed by atoms with Crippen LogP contribution < -0.4 is 5.32 Å². The lowest BCUT2D eigenvalue weighted by Gasteiger charge is -2.34. The van der Waals surface area contributed by atoms with Gasteiger partial charge in [-0.05, 0) is 42.5 Å². The van der Waals surface area contributed by atoms with Gasteiger partial charge in [-0.2, -0.15) is 4.31 Å². The molecule has 7 nitrogen and oxygen atoms in total. The summed E-state index contributed by atoms with van der Waals surface area (Å²) in [7, 11) is -3.53. The van der Waals surface area contributed by atoms with Gasteiger partial charge >= 0.3 is 0 Å². The number of carbonyl (C=O) groups is 2. The fourth-order valence-electron chi connectivity index (χ4n) is 3.60. The molecule has 3 rings (SSSR count). The van der Waals surface area contributed by atoms with E-state index in [2.05, 4.69) is 19.2 Å². The molecule has 0 aliphatic carbocycles. The number of amides is 2. The first-order valence-electron chi connectivity index (χ1n) is 9.07. The summed E-state index contributed by atoms with van der Waals surface area (Å²) in [5.41, 5.74) is 0.513. The lowest BCUT2D eigenvalue weighted by atomic mass is 9.94. The summed E-state index contributed by atoms with van der Waals surface area (Å²) in [6.07, 6.45) is 1.04. The third-order valence-corrected chi connectivity index (χ3v) is 7.53. The van der Waals surface area contributed by atoms with Crippen LogP contribution in [0.1, 0.15) is 20.3 Å². The molecule has 1 N–H and O–H groups in total. The van der Waals surface area contributed by atoms with Crippen molar-refractivity contribution in [2.75, 3.05) is 37.2 Å². The highest BCUT2D eigenvalue weighted by molar-refractivity contribution is 8.13. The van der Waals surface area contributed by atoms with Crippen molar-refractivity contribution >= 4 is 38.6 Å². The van der Waals surface area contributed by atoms with Crippen molar-refractivity contribution in [1.82, 2.24) is 9.21 Å². The fourth-order valence-corrected chi connectivity index (χ4v) is 6.11. The van der Waals surface area contributed by atoms with Gasteiger partial charge in [0.05, 0.1) is 4.90 Å². The first kappa shape index (κ1) is 20.2. The molecule has 2 saturated heterocycles. The number of hydrogen-bond donors (Lipinski definition) is 1. The molecule has 1 aromatic rings. The van der Waals surface area contributed by atoms with Crippen LogP contribution in [0.3, 0.4) is 0 Å². The van der Waals surface area contributed by atoms with E-state index in [0.717, 1.165) is 6.42 Å². The maximum absolute atomic E-state index is 12.9. The van der Waals surface area contributed by atoms with Crippen LogP contribution >= 0.6 is 11.8 Å². The average Bonchev–Trinajstić information content (AvgIpc) is 2.99. The Morgan fingerprint density at radius 1 is 1.19 bits per heavy atom. The molecule has 1 aromatic carbocycles. The molecule has 0 saturated carbocycles. The molecule has 2 aliphatic heterocycles. The Balaban J connectivity index is 1.64. The van der Waals surface area contributed by atoms with Crippen molar-refractivity contribution in [2.45, 2.75) is 25.2 Å². The summed E-state index contributed by atoms with van der Waals surface area (Å²) in [5, 5.41) is 2.62. The van der Waals surface area contributed by atoms with Gasteiger partial charge in [0.25, 0.3) is 5.24 Å². The molecule has 0 aromatic heterocycles. The first-order valence-corrected chi connectivity index (χ1v) is 11.5. The summed E-state index contributed by atoms with van der Waals surface area (Å²) in [6, 6.07) is 6.21. The lowest BCUT2D eigenvalue weighted by molar-refractivity contribution is -0.116. The smallest absolute Gasteiger partial charge is 0.282 e. The highest BCUT2D eigenvalue weighted by Gasteiger charge is 2.31. The minimum atomic E-state index is -3.53. The van der Waals surface area contributed by atoms with Crippen molar-refractivity contribution in [3.63, 3.8) is 0 Å². The van der Waals surface area contributed by atoms with Crippen LogP contribution in [0.25, 0.3) is 0 Å². The Morgan fingerprint density at radius 3 is 2.37 bits per heavy atom. The van der Waals surface area contributed by atoms with Gasteiger partial charge in [-0.1, -0.05) is 25.6 Å². The van der Waals surface area contributed by atoms with E-state index < -0.39 is 10.0 Å². The van der Waals surface area contributed by atoms with Gasteiger partial charge in [0.1, 0.15) is 6.54 Å². The topological polar surface area (TPSA) is 86.8 Å². The number of anilines is 1. The molecule has 2 amide bonds. The Hall–Kier alpha value is -1.58. The molecule has 0 radical (unpaired) electrons. The van der Waals surface area contributed by atoms with Crippen LogP contribution in [0.15, 0.2) is 29.2 Å². The number of thioether (sulfide) groups is 1. The molecule has 148 valence electrons. The molecule has 0 bridgehead atoms. The van der Waals surface area contributed by atoms with Gasteiger partial charge < -0.3 is 10.2 Å². The lowest BCUT2D eigenvalue weighted by Crippen LogP contribution is -2.42. The standard InChI is InChI=1S/C18H25N3O4S2/c1-13-9-14(2)11-21(10-13)27(24,25)16-5-3-15(4-6-16)19-17(22)12-20-7-8-26-18(20)23/h3-6,13-14H,7-12H2,1-2H3,(H,19,22)/t13-,14-/m1/s1. The minimum absolute atomic E-state index is 0.00936. The quantitative estimate of drug-likeness (QED) is 0.804. The number of carbonyl (C=O) groups excluding carboxylic acids is 2. The number of rotatable bonds is 5. The van der Waals surface area contributed by atoms with E-state index in [1.54, 1.807) is 16.4 Å². The zero-order valence-corrected chi connectivity index (χ0v) is 17.2. The number of piperidine rings is 1. The van der Waals surface area contributed by atoms with Crippen LogP contribution in [0.5, 0.6) is 0 Å². The third kappa shape index (κ3) is 4.83. The second-order valence-electron chi connectivity index (χ2n) is 7.38. The zero-order valence-electron chi connectivity index (χ0n) is 15.6. The largest absolute Gasteiger partial charge is 0.325 e. The number of hydrogen-bond acceptors (Lipinski definition) is 5. The normalized spacial score (nSPS) is 24.2. The molecule has 2 atom stereocenters. The van der Waals surface area contributed by atoms with Crippen molar-refractivity contribution in [3.05, 3.63) is 24.3 Å². The number of nitrogens with one attached hydrogen (secondary N) is 1. The molecule has 0 unspecified atom stereocenters. The molecule has 2 fully saturated rings. The summed E-state index contributed by atoms with van der Waals surface area (Å²) in [4.78, 5) is 25.4. The molecule has 2 heterocycles. The van der Waals surface area contributed by atoms with Crippen molar-refractivity contribution in [1.29, 1.82) is 0 Å². The number of nitrogens with zero attached hydrogens (tertiary/aromatic N) is 2. The minimum Gasteiger partial charge on any atom is -0.325 e. The molecule has 27 heavy (non-hydrogen) atoms. The third-order valence-electron chi connectivity index (χ3n) is 4.79. The number of benzene rings is 1. The SMILES string of the molecule is C[C@@H]1C[C@@H](C)CN(S(=O)(=O)c2ccc(NC(=O)CN3CCSC3=O)cc2)C1. The van der Waals surface area contributed by atoms with E-state index in [1.807, 2.05) is 0 Å². The van der Waals surface area contributed by atoms with Gasteiger partial charge in [0.15, 0.2) is 0 Å². The van der Waals surface area contributed by atoms with Gasteiger partial charge in [0, 0.05) is 31.1 Å². The van der Waals surface area contributed by atoms with Crippen LogP contribution in [0, 0.1) is 11.8 Å². The Labute approximate surface area is 164 Å². The Bertz CT molecular complexity index is 800. The van der Waals surface area contributed by atoms with Gasteiger partial charge in [0.2, 0.25) is 15.9 Å². The van der Waals surface area contributed by atoms with E-state index in [4.69, 9.17) is 0 Å². The molecular formula is C18H25N3O4S2. The maximum atomic E-state index is 12.9. The maximum Gasteiger partial charge on any atom is 0.282 e. The van der Waals surface area contributed by atoms with Crippen LogP contribution in [-0.4, -0.2) is 60.7 Å². The van der Waals surface area contributed by atoms with Crippen LogP contribution in [0.4, 0.5) is 10.5 Å². The highest BCUT2D eigenvalue weighted by Crippen LogP contribution is 2.27. The monoisotopic (exact) mass is 411 g/mol. The van der Waals surface area contributed by atoms with E-state index in [9.17, 15) is 18.0 Å². The predicted molar refractivity (Wildman–Crippen MR) is 106 cm³/mol. The fraction of sp³-hybridized carbons (Fsp3) is 0.556. The molecular weight excluding hydrogens is 386 g/mol. The predicted octanol–water partition coefficient (Wildman–Crippen LogP) is 2.46. The average molecular weight is 412 g/mol. The van der Waals surface area contributed by atoms with Gasteiger partial charge in [-0.3, -0.25) is 9.59 Å². The highest BCUT2D eigenvalue weighted by atomic mass is 32.2.